The van der Waals surface area contributed by atoms with E-state index in [1.165, 1.54) is 49.6 Å². The Balaban J connectivity index is 1.36. The van der Waals surface area contributed by atoms with Gasteiger partial charge in [-0.2, -0.15) is 5.10 Å². The summed E-state index contributed by atoms with van der Waals surface area (Å²) in [4.78, 5) is 5.07. The normalized spacial score (nSPS) is 17.4. The van der Waals surface area contributed by atoms with Crippen LogP contribution in [0, 0.1) is 6.92 Å². The van der Waals surface area contributed by atoms with Crippen molar-refractivity contribution in [2.75, 3.05) is 0 Å². The van der Waals surface area contributed by atoms with Crippen LogP contribution in [-0.2, 0) is 5.41 Å². The van der Waals surface area contributed by atoms with Gasteiger partial charge in [0.15, 0.2) is 0 Å². The fourth-order valence-corrected chi connectivity index (χ4v) is 7.65. The quantitative estimate of drug-likeness (QED) is 0.231. The Labute approximate surface area is 256 Å². The van der Waals surface area contributed by atoms with Crippen LogP contribution in [0.15, 0.2) is 139 Å². The van der Waals surface area contributed by atoms with Gasteiger partial charge in [0.1, 0.15) is 0 Å². The summed E-state index contributed by atoms with van der Waals surface area (Å²) in [5, 5.41) is 10.1. The summed E-state index contributed by atoms with van der Waals surface area (Å²) in [5.74, 6) is 0. The van der Waals surface area contributed by atoms with Gasteiger partial charge in [0.2, 0.25) is 0 Å². The number of benzene rings is 4. The fourth-order valence-electron chi connectivity index (χ4n) is 7.65. The van der Waals surface area contributed by atoms with Gasteiger partial charge in [-0.3, -0.25) is 10.1 Å². The first-order valence-corrected chi connectivity index (χ1v) is 15.3. The first-order valence-electron chi connectivity index (χ1n) is 15.3. The maximum absolute atomic E-state index is 5.07. The van der Waals surface area contributed by atoms with Crippen molar-refractivity contribution in [2.24, 2.45) is 0 Å². The molecule has 3 heterocycles. The molecule has 4 heteroatoms. The van der Waals surface area contributed by atoms with Gasteiger partial charge in [-0.05, 0) is 90.1 Å². The number of para-hydroxylation sites is 1. The molecule has 1 atom stereocenters. The highest BCUT2D eigenvalue weighted by Gasteiger charge is 2.49. The lowest BCUT2D eigenvalue weighted by Gasteiger charge is -2.34. The van der Waals surface area contributed by atoms with Gasteiger partial charge in [0, 0.05) is 33.9 Å². The Bertz CT molecular complexity index is 2300. The van der Waals surface area contributed by atoms with Crippen molar-refractivity contribution in [3.05, 3.63) is 167 Å². The van der Waals surface area contributed by atoms with Gasteiger partial charge in [-0.15, -0.1) is 0 Å². The highest BCUT2D eigenvalue weighted by Crippen LogP contribution is 2.58. The van der Waals surface area contributed by atoms with E-state index in [-0.39, 0.29) is 0 Å². The number of aryl methyl sites for hydroxylation is 1. The topological polar surface area (TPSA) is 46.5 Å². The summed E-state index contributed by atoms with van der Waals surface area (Å²) in [5.41, 5.74) is 13.7. The number of fused-ring (bicyclic) bond motifs is 6. The van der Waals surface area contributed by atoms with E-state index >= 15 is 0 Å². The Morgan fingerprint density at radius 3 is 2.45 bits per heavy atom. The number of pyridine rings is 1. The van der Waals surface area contributed by atoms with Crippen LogP contribution in [0.1, 0.15) is 40.9 Å². The third-order valence-electron chi connectivity index (χ3n) is 9.44. The molecule has 0 unspecified atom stereocenters. The monoisotopic (exact) mass is 566 g/mol. The number of hydrogen-bond acceptors (Lipinski definition) is 2. The number of H-pyrrole nitrogens is 1. The van der Waals surface area contributed by atoms with Crippen molar-refractivity contribution in [3.8, 4) is 16.9 Å². The zero-order valence-corrected chi connectivity index (χ0v) is 24.5. The number of aromatic amines is 1. The summed E-state index contributed by atoms with van der Waals surface area (Å²) in [7, 11) is 0. The molecule has 0 saturated heterocycles. The third-order valence-corrected chi connectivity index (χ3v) is 9.44. The Kier molecular flexibility index (Phi) is 5.42. The lowest BCUT2D eigenvalue weighted by atomic mass is 9.68. The average molecular weight is 567 g/mol. The molecule has 44 heavy (non-hydrogen) atoms. The standard InChI is InChI=1S/C40H30N4/c1-26-23-36(43-42-26)27-11-10-12-29(24-27)44-37-18-7-4-15-32(37)33-21-20-28(25-38(33)44)40(39-19-8-9-22-41-39)34-16-5-2-13-30(34)31-14-3-6-17-35(31)40/h2,4-5,7-25H,3,6H2,1H3,(H,42,43)/t40-/m1/s1. The van der Waals surface area contributed by atoms with Crippen molar-refractivity contribution in [1.29, 1.82) is 0 Å². The zero-order valence-electron chi connectivity index (χ0n) is 24.5. The molecule has 9 rings (SSSR count). The summed E-state index contributed by atoms with van der Waals surface area (Å²) >= 11 is 0. The smallest absolute Gasteiger partial charge is 0.0924 e. The Hall–Kier alpha value is -5.48. The molecule has 0 saturated carbocycles. The van der Waals surface area contributed by atoms with E-state index in [4.69, 9.17) is 4.98 Å². The summed E-state index contributed by atoms with van der Waals surface area (Å²) in [6.07, 6.45) is 8.91. The van der Waals surface area contributed by atoms with Crippen molar-refractivity contribution >= 4 is 27.4 Å². The van der Waals surface area contributed by atoms with Gasteiger partial charge >= 0.3 is 0 Å². The van der Waals surface area contributed by atoms with E-state index in [9.17, 15) is 0 Å². The molecule has 2 aliphatic carbocycles. The first-order chi connectivity index (χ1) is 21.7. The second kappa shape index (κ2) is 9.51. The average Bonchev–Trinajstić information content (AvgIpc) is 3.76. The van der Waals surface area contributed by atoms with Crippen LogP contribution >= 0.6 is 0 Å². The van der Waals surface area contributed by atoms with Crippen LogP contribution < -0.4 is 0 Å². The van der Waals surface area contributed by atoms with Crippen LogP contribution in [0.25, 0.3) is 44.3 Å². The van der Waals surface area contributed by atoms with E-state index < -0.39 is 5.41 Å². The lowest BCUT2D eigenvalue weighted by molar-refractivity contribution is 0.728. The zero-order chi connectivity index (χ0) is 29.3. The molecular formula is C40H30N4. The highest BCUT2D eigenvalue weighted by atomic mass is 15.1. The maximum Gasteiger partial charge on any atom is 0.0924 e. The number of nitrogens with one attached hydrogen (secondary N) is 1. The summed E-state index contributed by atoms with van der Waals surface area (Å²) < 4.78 is 2.41. The number of aromatic nitrogens is 4. The molecule has 1 N–H and O–H groups in total. The van der Waals surface area contributed by atoms with E-state index in [1.807, 2.05) is 19.2 Å². The molecule has 210 valence electrons. The SMILES string of the molecule is Cc1cc(-c2cccc(-n3c4ccccc4c4ccc([C@]5(c6ccccn6)C6=CCCC=C6c6ccccc65)cc43)c2)n[nH]1. The minimum atomic E-state index is -0.506. The molecule has 0 radical (unpaired) electrons. The van der Waals surface area contributed by atoms with Crippen LogP contribution in [-0.4, -0.2) is 19.7 Å². The molecule has 7 aromatic rings. The van der Waals surface area contributed by atoms with Gasteiger partial charge in [0.05, 0.1) is 27.8 Å². The molecule has 0 fully saturated rings. The van der Waals surface area contributed by atoms with E-state index in [0.717, 1.165) is 41.2 Å². The molecule has 4 aromatic carbocycles. The van der Waals surface area contributed by atoms with Crippen molar-refractivity contribution in [1.82, 2.24) is 19.7 Å². The van der Waals surface area contributed by atoms with Gasteiger partial charge in [0.25, 0.3) is 0 Å². The summed E-state index contributed by atoms with van der Waals surface area (Å²) in [6, 6.07) is 41.9. The number of allylic oxidation sites excluding steroid dienone is 4. The maximum atomic E-state index is 5.07. The fraction of sp³-hybridized carbons (Fsp3) is 0.100. The Morgan fingerprint density at radius 1 is 0.727 bits per heavy atom. The third kappa shape index (κ3) is 3.45. The summed E-state index contributed by atoms with van der Waals surface area (Å²) in [6.45, 7) is 2.04. The van der Waals surface area contributed by atoms with Crippen LogP contribution in [0.2, 0.25) is 0 Å². The van der Waals surface area contributed by atoms with E-state index in [0.29, 0.717) is 0 Å². The minimum absolute atomic E-state index is 0.506. The molecule has 0 bridgehead atoms. The predicted molar refractivity (Wildman–Crippen MR) is 179 cm³/mol. The number of hydrogen-bond donors (Lipinski definition) is 1. The van der Waals surface area contributed by atoms with E-state index in [1.54, 1.807) is 0 Å². The van der Waals surface area contributed by atoms with E-state index in [2.05, 4.69) is 136 Å². The van der Waals surface area contributed by atoms with Crippen LogP contribution in [0.5, 0.6) is 0 Å². The molecule has 3 aromatic heterocycles. The Morgan fingerprint density at radius 2 is 1.57 bits per heavy atom. The minimum Gasteiger partial charge on any atom is -0.309 e. The molecular weight excluding hydrogens is 536 g/mol. The first kappa shape index (κ1) is 25.1. The predicted octanol–water partition coefficient (Wildman–Crippen LogP) is 9.33. The largest absolute Gasteiger partial charge is 0.309 e. The van der Waals surface area contributed by atoms with Crippen molar-refractivity contribution in [2.45, 2.75) is 25.2 Å². The van der Waals surface area contributed by atoms with Crippen molar-refractivity contribution in [3.63, 3.8) is 0 Å². The van der Waals surface area contributed by atoms with Crippen LogP contribution in [0.4, 0.5) is 0 Å². The second-order valence-electron chi connectivity index (χ2n) is 11.9. The molecule has 2 aliphatic rings. The highest BCUT2D eigenvalue weighted by molar-refractivity contribution is 6.10. The molecule has 0 amide bonds. The molecule has 0 spiro atoms. The lowest BCUT2D eigenvalue weighted by Crippen LogP contribution is -2.30. The van der Waals surface area contributed by atoms with Gasteiger partial charge in [-0.25, -0.2) is 0 Å². The molecule has 0 aliphatic heterocycles. The van der Waals surface area contributed by atoms with Crippen LogP contribution in [0.3, 0.4) is 0 Å². The number of nitrogens with zero attached hydrogens (tertiary/aromatic N) is 3. The van der Waals surface area contributed by atoms with Gasteiger partial charge in [-0.1, -0.05) is 84.9 Å². The molecule has 4 nitrogen and oxygen atoms in total. The number of rotatable bonds is 4. The van der Waals surface area contributed by atoms with Crippen molar-refractivity contribution < 1.29 is 0 Å². The second-order valence-corrected chi connectivity index (χ2v) is 11.9. The van der Waals surface area contributed by atoms with Gasteiger partial charge < -0.3 is 4.57 Å².